The number of anilines is 1. The van der Waals surface area contributed by atoms with Gasteiger partial charge in [0, 0.05) is 11.3 Å². The third-order valence-electron chi connectivity index (χ3n) is 2.93. The van der Waals surface area contributed by atoms with Gasteiger partial charge >= 0.3 is 5.97 Å². The number of amides is 1. The summed E-state index contributed by atoms with van der Waals surface area (Å²) in [4.78, 5) is 22.6. The van der Waals surface area contributed by atoms with Crippen molar-refractivity contribution >= 4 is 17.6 Å². The number of carboxylic acids is 1. The van der Waals surface area contributed by atoms with E-state index in [1.54, 1.807) is 13.0 Å². The smallest absolute Gasteiger partial charge is 0.338 e. The van der Waals surface area contributed by atoms with E-state index in [0.717, 1.165) is 12.1 Å². The molecular weight excluding hydrogens is 277 g/mol. The van der Waals surface area contributed by atoms with E-state index in [1.807, 2.05) is 0 Å². The fraction of sp³-hybridized carbons (Fsp3) is 0.0667. The number of aryl methyl sites for hydroxylation is 1. The Morgan fingerprint density at radius 2 is 1.86 bits per heavy atom. The van der Waals surface area contributed by atoms with Crippen LogP contribution in [0.2, 0.25) is 0 Å². The molecule has 0 aromatic heterocycles. The van der Waals surface area contributed by atoms with E-state index in [-0.39, 0.29) is 17.0 Å². The lowest BCUT2D eigenvalue weighted by molar-refractivity contribution is 0.0692. The van der Waals surface area contributed by atoms with E-state index >= 15 is 0 Å². The summed E-state index contributed by atoms with van der Waals surface area (Å²) in [5, 5.41) is 20.7. The standard InChI is InChI=1S/C15H12FNO4/c1-8-2-3-9(6-13(8)18)14(19)17-10-4-5-11(15(20)21)12(16)7-10/h2-7,18H,1H3,(H,17,19)(H,20,21). The first-order valence-electron chi connectivity index (χ1n) is 6.02. The van der Waals surface area contributed by atoms with Gasteiger partial charge in [0.25, 0.3) is 5.91 Å². The zero-order chi connectivity index (χ0) is 15.6. The van der Waals surface area contributed by atoms with Gasteiger partial charge in [0.2, 0.25) is 0 Å². The molecule has 0 spiro atoms. The summed E-state index contributed by atoms with van der Waals surface area (Å²) in [5.74, 6) is -2.87. The molecule has 0 unspecified atom stereocenters. The zero-order valence-electron chi connectivity index (χ0n) is 11.1. The second kappa shape index (κ2) is 5.62. The van der Waals surface area contributed by atoms with E-state index in [2.05, 4.69) is 5.32 Å². The van der Waals surface area contributed by atoms with Crippen molar-refractivity contribution in [1.82, 2.24) is 0 Å². The van der Waals surface area contributed by atoms with Gasteiger partial charge < -0.3 is 15.5 Å². The second-order valence-corrected chi connectivity index (χ2v) is 4.46. The van der Waals surface area contributed by atoms with Crippen molar-refractivity contribution in [2.24, 2.45) is 0 Å². The molecular formula is C15H12FNO4. The summed E-state index contributed by atoms with van der Waals surface area (Å²) in [6.07, 6.45) is 0. The fourth-order valence-corrected chi connectivity index (χ4v) is 1.72. The van der Waals surface area contributed by atoms with Gasteiger partial charge in [-0.1, -0.05) is 6.07 Å². The third-order valence-corrected chi connectivity index (χ3v) is 2.93. The summed E-state index contributed by atoms with van der Waals surface area (Å²) in [6.45, 7) is 1.69. The number of halogens is 1. The maximum atomic E-state index is 13.5. The van der Waals surface area contributed by atoms with Crippen LogP contribution < -0.4 is 5.32 Å². The molecule has 0 saturated heterocycles. The maximum Gasteiger partial charge on any atom is 0.338 e. The van der Waals surface area contributed by atoms with Crippen LogP contribution >= 0.6 is 0 Å². The molecule has 2 rings (SSSR count). The Labute approximate surface area is 119 Å². The molecule has 0 heterocycles. The highest BCUT2D eigenvalue weighted by molar-refractivity contribution is 6.04. The Balaban J connectivity index is 2.21. The molecule has 0 aliphatic carbocycles. The molecule has 5 nitrogen and oxygen atoms in total. The van der Waals surface area contributed by atoms with Crippen LogP contribution in [0.3, 0.4) is 0 Å². The molecule has 0 aliphatic rings. The monoisotopic (exact) mass is 289 g/mol. The average Bonchev–Trinajstić information content (AvgIpc) is 2.41. The largest absolute Gasteiger partial charge is 0.508 e. The number of hydrogen-bond acceptors (Lipinski definition) is 3. The lowest BCUT2D eigenvalue weighted by Crippen LogP contribution is -2.12. The van der Waals surface area contributed by atoms with Crippen LogP contribution in [0.15, 0.2) is 36.4 Å². The molecule has 108 valence electrons. The Bertz CT molecular complexity index is 728. The topological polar surface area (TPSA) is 86.6 Å². The van der Waals surface area contributed by atoms with Crippen molar-refractivity contribution in [3.05, 3.63) is 58.9 Å². The van der Waals surface area contributed by atoms with E-state index < -0.39 is 23.3 Å². The Morgan fingerprint density at radius 1 is 1.14 bits per heavy atom. The Morgan fingerprint density at radius 3 is 2.43 bits per heavy atom. The fourth-order valence-electron chi connectivity index (χ4n) is 1.72. The summed E-state index contributed by atoms with van der Waals surface area (Å²) < 4.78 is 13.5. The predicted molar refractivity (Wildman–Crippen MR) is 74.2 cm³/mol. The number of benzene rings is 2. The molecule has 2 aromatic rings. The minimum absolute atomic E-state index is 0.0185. The number of nitrogens with one attached hydrogen (secondary N) is 1. The molecule has 0 fully saturated rings. The van der Waals surface area contributed by atoms with Crippen LogP contribution in [0.1, 0.15) is 26.3 Å². The van der Waals surface area contributed by atoms with Crippen molar-refractivity contribution in [3.63, 3.8) is 0 Å². The maximum absolute atomic E-state index is 13.5. The number of hydrogen-bond donors (Lipinski definition) is 3. The van der Waals surface area contributed by atoms with Gasteiger partial charge in [-0.05, 0) is 42.8 Å². The number of aromatic carboxylic acids is 1. The lowest BCUT2D eigenvalue weighted by atomic mass is 10.1. The van der Waals surface area contributed by atoms with Gasteiger partial charge in [-0.25, -0.2) is 9.18 Å². The summed E-state index contributed by atoms with van der Waals surface area (Å²) in [7, 11) is 0. The van der Waals surface area contributed by atoms with E-state index in [4.69, 9.17) is 5.11 Å². The van der Waals surface area contributed by atoms with Crippen LogP contribution in [0, 0.1) is 12.7 Å². The van der Waals surface area contributed by atoms with Gasteiger partial charge in [-0.2, -0.15) is 0 Å². The molecule has 0 radical (unpaired) electrons. The van der Waals surface area contributed by atoms with E-state index in [1.165, 1.54) is 18.2 Å². The first-order valence-corrected chi connectivity index (χ1v) is 6.02. The molecule has 0 aliphatic heterocycles. The highest BCUT2D eigenvalue weighted by Gasteiger charge is 2.13. The molecule has 6 heteroatoms. The summed E-state index contributed by atoms with van der Waals surface area (Å²) in [5.41, 5.74) is 0.493. The highest BCUT2D eigenvalue weighted by Crippen LogP contribution is 2.19. The van der Waals surface area contributed by atoms with Crippen molar-refractivity contribution in [2.45, 2.75) is 6.92 Å². The number of phenols is 1. The number of carbonyl (C=O) groups excluding carboxylic acids is 1. The van der Waals surface area contributed by atoms with Crippen LogP contribution in [-0.2, 0) is 0 Å². The lowest BCUT2D eigenvalue weighted by Gasteiger charge is -2.07. The number of rotatable bonds is 3. The second-order valence-electron chi connectivity index (χ2n) is 4.46. The molecule has 0 bridgehead atoms. The Hall–Kier alpha value is -2.89. The summed E-state index contributed by atoms with van der Waals surface area (Å²) in [6, 6.07) is 7.69. The molecule has 0 atom stereocenters. The first kappa shape index (κ1) is 14.5. The third kappa shape index (κ3) is 3.17. The van der Waals surface area contributed by atoms with Crippen LogP contribution in [-0.4, -0.2) is 22.1 Å². The van der Waals surface area contributed by atoms with Gasteiger partial charge in [-0.15, -0.1) is 0 Å². The van der Waals surface area contributed by atoms with Crippen molar-refractivity contribution < 1.29 is 24.2 Å². The highest BCUT2D eigenvalue weighted by atomic mass is 19.1. The van der Waals surface area contributed by atoms with Gasteiger partial charge in [-0.3, -0.25) is 4.79 Å². The van der Waals surface area contributed by atoms with Gasteiger partial charge in [0.1, 0.15) is 11.6 Å². The number of phenolic OH excluding ortho intramolecular Hbond substituents is 1. The van der Waals surface area contributed by atoms with Gasteiger partial charge in [0.15, 0.2) is 0 Å². The molecule has 1 amide bonds. The predicted octanol–water partition coefficient (Wildman–Crippen LogP) is 2.79. The van der Waals surface area contributed by atoms with Crippen LogP contribution in [0.5, 0.6) is 5.75 Å². The number of carbonyl (C=O) groups is 2. The molecule has 0 saturated carbocycles. The average molecular weight is 289 g/mol. The van der Waals surface area contributed by atoms with E-state index in [9.17, 15) is 19.1 Å². The molecule has 2 aromatic carbocycles. The number of aromatic hydroxyl groups is 1. The van der Waals surface area contributed by atoms with Crippen molar-refractivity contribution in [2.75, 3.05) is 5.32 Å². The summed E-state index contributed by atoms with van der Waals surface area (Å²) >= 11 is 0. The van der Waals surface area contributed by atoms with Crippen LogP contribution in [0.4, 0.5) is 10.1 Å². The normalized spacial score (nSPS) is 10.2. The van der Waals surface area contributed by atoms with Gasteiger partial charge in [0.05, 0.1) is 5.56 Å². The Kier molecular flexibility index (Phi) is 3.89. The van der Waals surface area contributed by atoms with E-state index in [0.29, 0.717) is 5.56 Å². The minimum atomic E-state index is -1.38. The minimum Gasteiger partial charge on any atom is -0.508 e. The molecule has 3 N–H and O–H groups in total. The van der Waals surface area contributed by atoms with Crippen molar-refractivity contribution in [3.8, 4) is 5.75 Å². The van der Waals surface area contributed by atoms with Crippen molar-refractivity contribution in [1.29, 1.82) is 0 Å². The SMILES string of the molecule is Cc1ccc(C(=O)Nc2ccc(C(=O)O)c(F)c2)cc1O. The molecule has 21 heavy (non-hydrogen) atoms. The quantitative estimate of drug-likeness (QED) is 0.811. The number of carboxylic acid groups (broad SMARTS) is 1. The first-order chi connectivity index (χ1) is 9.88. The van der Waals surface area contributed by atoms with Crippen LogP contribution in [0.25, 0.3) is 0 Å². The zero-order valence-corrected chi connectivity index (χ0v) is 11.1.